The second-order valence-electron chi connectivity index (χ2n) is 7.30. The van der Waals surface area contributed by atoms with E-state index in [4.69, 9.17) is 0 Å². The molecule has 1 fully saturated rings. The van der Waals surface area contributed by atoms with E-state index in [0.717, 1.165) is 32.4 Å². The van der Waals surface area contributed by atoms with Gasteiger partial charge in [-0.05, 0) is 55.1 Å². The molecule has 0 aliphatic carbocycles. The van der Waals surface area contributed by atoms with Crippen LogP contribution in [0.1, 0.15) is 18.4 Å². The van der Waals surface area contributed by atoms with Crippen LogP contribution in [0, 0.1) is 0 Å². The van der Waals surface area contributed by atoms with Gasteiger partial charge in [0.2, 0.25) is 5.91 Å². The molecule has 4 rings (SSSR count). The molecule has 1 aliphatic heterocycles. The molecule has 0 bridgehead atoms. The molecule has 1 aliphatic rings. The van der Waals surface area contributed by atoms with Gasteiger partial charge < -0.3 is 10.6 Å². The number of carbonyl (C=O) groups is 1. The van der Waals surface area contributed by atoms with Crippen LogP contribution in [-0.4, -0.2) is 35.3 Å². The van der Waals surface area contributed by atoms with Gasteiger partial charge in [-0.2, -0.15) is 5.10 Å². The lowest BCUT2D eigenvalue weighted by Crippen LogP contribution is -2.54. The van der Waals surface area contributed by atoms with Crippen LogP contribution in [-0.2, 0) is 16.8 Å². The quantitative estimate of drug-likeness (QED) is 0.697. The molecule has 0 atom stereocenters. The van der Waals surface area contributed by atoms with Crippen molar-refractivity contribution < 1.29 is 4.79 Å². The van der Waals surface area contributed by atoms with Gasteiger partial charge in [-0.25, -0.2) is 0 Å². The van der Waals surface area contributed by atoms with Crippen molar-refractivity contribution in [3.63, 3.8) is 0 Å². The van der Waals surface area contributed by atoms with Crippen molar-refractivity contribution in [2.75, 3.05) is 19.6 Å². The fraction of sp³-hybridized carbons (Fsp3) is 0.304. The Hall–Kier alpha value is -2.92. The van der Waals surface area contributed by atoms with Gasteiger partial charge in [0, 0.05) is 18.9 Å². The highest BCUT2D eigenvalue weighted by atomic mass is 16.2. The van der Waals surface area contributed by atoms with Gasteiger partial charge in [-0.1, -0.05) is 54.6 Å². The van der Waals surface area contributed by atoms with Crippen LogP contribution in [0.2, 0.25) is 0 Å². The maximum absolute atomic E-state index is 13.1. The number of nitrogens with zero attached hydrogens (tertiary/aromatic N) is 2. The Bertz CT molecular complexity index is 899. The molecule has 3 aromatic rings. The SMILES string of the molecule is O=C(NCCc1cccc(-c2ccccc2)c1)C1(n2cccn2)CCNCC1. The fourth-order valence-corrected chi connectivity index (χ4v) is 3.94. The number of nitrogens with one attached hydrogen (secondary N) is 2. The summed E-state index contributed by atoms with van der Waals surface area (Å²) in [7, 11) is 0. The third-order valence-electron chi connectivity index (χ3n) is 5.53. The van der Waals surface area contributed by atoms with Crippen LogP contribution < -0.4 is 10.6 Å². The summed E-state index contributed by atoms with van der Waals surface area (Å²) in [4.78, 5) is 13.1. The summed E-state index contributed by atoms with van der Waals surface area (Å²) in [6.45, 7) is 2.27. The van der Waals surface area contributed by atoms with E-state index < -0.39 is 5.54 Å². The summed E-state index contributed by atoms with van der Waals surface area (Å²) in [5.74, 6) is 0.0666. The topological polar surface area (TPSA) is 59.0 Å². The van der Waals surface area contributed by atoms with E-state index in [1.54, 1.807) is 6.20 Å². The molecule has 2 N–H and O–H groups in total. The molecule has 144 valence electrons. The molecule has 1 aromatic heterocycles. The van der Waals surface area contributed by atoms with Gasteiger partial charge in [0.05, 0.1) is 0 Å². The third-order valence-corrected chi connectivity index (χ3v) is 5.53. The van der Waals surface area contributed by atoms with Crippen molar-refractivity contribution >= 4 is 5.91 Å². The molecule has 5 heteroatoms. The number of piperidine rings is 1. The van der Waals surface area contributed by atoms with Gasteiger partial charge in [0.1, 0.15) is 5.54 Å². The van der Waals surface area contributed by atoms with E-state index in [2.05, 4.69) is 64.3 Å². The Morgan fingerprint density at radius 2 is 1.82 bits per heavy atom. The number of carbonyl (C=O) groups excluding carboxylic acids is 1. The van der Waals surface area contributed by atoms with E-state index >= 15 is 0 Å². The molecule has 0 saturated carbocycles. The number of hydrogen-bond acceptors (Lipinski definition) is 3. The summed E-state index contributed by atoms with van der Waals surface area (Å²) >= 11 is 0. The Labute approximate surface area is 165 Å². The van der Waals surface area contributed by atoms with Crippen LogP contribution in [0.3, 0.4) is 0 Å². The monoisotopic (exact) mass is 374 g/mol. The molecule has 2 aromatic carbocycles. The first-order valence-corrected chi connectivity index (χ1v) is 9.91. The number of aromatic nitrogens is 2. The molecule has 1 saturated heterocycles. The Morgan fingerprint density at radius 1 is 1.04 bits per heavy atom. The van der Waals surface area contributed by atoms with E-state index in [1.807, 2.05) is 23.0 Å². The molecule has 5 nitrogen and oxygen atoms in total. The minimum atomic E-state index is -0.583. The lowest BCUT2D eigenvalue weighted by atomic mass is 9.87. The van der Waals surface area contributed by atoms with Crippen LogP contribution in [0.4, 0.5) is 0 Å². The smallest absolute Gasteiger partial charge is 0.248 e. The van der Waals surface area contributed by atoms with Gasteiger partial charge in [-0.3, -0.25) is 9.48 Å². The molecule has 1 amide bonds. The zero-order valence-corrected chi connectivity index (χ0v) is 16.0. The average Bonchev–Trinajstić information content (AvgIpc) is 3.30. The van der Waals surface area contributed by atoms with E-state index in [1.165, 1.54) is 16.7 Å². The summed E-state index contributed by atoms with van der Waals surface area (Å²) in [6, 6.07) is 20.8. The first-order valence-electron chi connectivity index (χ1n) is 9.91. The van der Waals surface area contributed by atoms with Crippen molar-refractivity contribution in [3.05, 3.63) is 78.6 Å². The number of benzene rings is 2. The average molecular weight is 374 g/mol. The van der Waals surface area contributed by atoms with Crippen LogP contribution in [0.25, 0.3) is 11.1 Å². The summed E-state index contributed by atoms with van der Waals surface area (Å²) < 4.78 is 1.83. The number of rotatable bonds is 6. The second-order valence-corrected chi connectivity index (χ2v) is 7.30. The van der Waals surface area contributed by atoms with Gasteiger partial charge in [-0.15, -0.1) is 0 Å². The maximum atomic E-state index is 13.1. The minimum Gasteiger partial charge on any atom is -0.354 e. The fourth-order valence-electron chi connectivity index (χ4n) is 3.94. The molecule has 0 unspecified atom stereocenters. The van der Waals surface area contributed by atoms with Crippen LogP contribution in [0.5, 0.6) is 0 Å². The van der Waals surface area contributed by atoms with Crippen molar-refractivity contribution in [2.45, 2.75) is 24.8 Å². The minimum absolute atomic E-state index is 0.0666. The molecule has 0 radical (unpaired) electrons. The van der Waals surface area contributed by atoms with Gasteiger partial charge in [0.25, 0.3) is 0 Å². The molecular formula is C23H26N4O. The third kappa shape index (κ3) is 3.85. The van der Waals surface area contributed by atoms with Gasteiger partial charge in [0.15, 0.2) is 0 Å². The molecular weight excluding hydrogens is 348 g/mol. The number of hydrogen-bond donors (Lipinski definition) is 2. The molecule has 2 heterocycles. The predicted octanol–water partition coefficient (Wildman–Crippen LogP) is 2.99. The Morgan fingerprint density at radius 3 is 2.57 bits per heavy atom. The van der Waals surface area contributed by atoms with Crippen LogP contribution in [0.15, 0.2) is 73.1 Å². The Balaban J connectivity index is 1.41. The predicted molar refractivity (Wildman–Crippen MR) is 111 cm³/mol. The first kappa shape index (κ1) is 18.4. The van der Waals surface area contributed by atoms with Gasteiger partial charge >= 0.3 is 0 Å². The lowest BCUT2D eigenvalue weighted by molar-refractivity contribution is -0.131. The molecule has 0 spiro atoms. The first-order chi connectivity index (χ1) is 13.8. The van der Waals surface area contributed by atoms with Crippen molar-refractivity contribution in [1.29, 1.82) is 0 Å². The zero-order chi connectivity index (χ0) is 19.2. The highest BCUT2D eigenvalue weighted by Crippen LogP contribution is 2.27. The second kappa shape index (κ2) is 8.40. The van der Waals surface area contributed by atoms with E-state index in [0.29, 0.717) is 6.54 Å². The standard InChI is InChI=1S/C23H26N4O/c28-22(23(11-15-24-16-12-23)27-17-5-13-26-27)25-14-10-19-6-4-9-21(18-19)20-7-2-1-3-8-20/h1-9,13,17-18,24H,10-12,14-16H2,(H,25,28). The largest absolute Gasteiger partial charge is 0.354 e. The zero-order valence-electron chi connectivity index (χ0n) is 16.0. The van der Waals surface area contributed by atoms with Crippen LogP contribution >= 0.6 is 0 Å². The normalized spacial score (nSPS) is 15.9. The molecule has 28 heavy (non-hydrogen) atoms. The van der Waals surface area contributed by atoms with Crippen molar-refractivity contribution in [3.8, 4) is 11.1 Å². The summed E-state index contributed by atoms with van der Waals surface area (Å²) in [6.07, 6.45) is 5.95. The lowest BCUT2D eigenvalue weighted by Gasteiger charge is -2.36. The van der Waals surface area contributed by atoms with E-state index in [-0.39, 0.29) is 5.91 Å². The van der Waals surface area contributed by atoms with Crippen molar-refractivity contribution in [2.24, 2.45) is 0 Å². The maximum Gasteiger partial charge on any atom is 0.248 e. The summed E-state index contributed by atoms with van der Waals surface area (Å²) in [5, 5.41) is 10.9. The Kier molecular flexibility index (Phi) is 5.53. The highest BCUT2D eigenvalue weighted by Gasteiger charge is 2.41. The highest BCUT2D eigenvalue weighted by molar-refractivity contribution is 5.84. The van der Waals surface area contributed by atoms with Crippen molar-refractivity contribution in [1.82, 2.24) is 20.4 Å². The summed E-state index contributed by atoms with van der Waals surface area (Å²) in [5.41, 5.74) is 3.05. The van der Waals surface area contributed by atoms with E-state index in [9.17, 15) is 4.79 Å². The number of amides is 1.